The van der Waals surface area contributed by atoms with Gasteiger partial charge in [0.25, 0.3) is 0 Å². The van der Waals surface area contributed by atoms with Gasteiger partial charge in [0.1, 0.15) is 0 Å². The van der Waals surface area contributed by atoms with Gasteiger partial charge in [-0.25, -0.2) is 0 Å². The van der Waals surface area contributed by atoms with Crippen molar-refractivity contribution in [2.45, 2.75) is 38.3 Å². The molecule has 0 aromatic rings. The number of carboxylic acid groups (broad SMARTS) is 1. The number of hydrogen-bond donors (Lipinski definition) is 2. The number of hydrogen-bond acceptors (Lipinski definition) is 5. The van der Waals surface area contributed by atoms with Crippen LogP contribution in [0.2, 0.25) is 0 Å². The van der Waals surface area contributed by atoms with Crippen molar-refractivity contribution in [3.05, 3.63) is 11.3 Å². The van der Waals surface area contributed by atoms with Crippen LogP contribution in [0.4, 0.5) is 0 Å². The van der Waals surface area contributed by atoms with Crippen LogP contribution in [0.3, 0.4) is 0 Å². The van der Waals surface area contributed by atoms with Gasteiger partial charge in [0, 0.05) is 18.4 Å². The van der Waals surface area contributed by atoms with E-state index in [1.807, 2.05) is 0 Å². The number of fused-ring (bicyclic) bond motifs is 3. The Kier molecular flexibility index (Phi) is 5.35. The molecule has 2 N–H and O–H groups in total. The van der Waals surface area contributed by atoms with Gasteiger partial charge in [-0.15, -0.1) is 0 Å². The fourth-order valence-corrected chi connectivity index (χ4v) is 4.18. The third-order valence-corrected chi connectivity index (χ3v) is 4.96. The first kappa shape index (κ1) is 17.6. The molecular formula is C14H18KNO5. The summed E-state index contributed by atoms with van der Waals surface area (Å²) in [4.78, 5) is 24.8. The maximum absolute atomic E-state index is 12.1. The molecule has 5 atom stereocenters. The molecule has 0 spiro atoms. The van der Waals surface area contributed by atoms with E-state index in [0.717, 1.165) is 19.3 Å². The van der Waals surface area contributed by atoms with Crippen LogP contribution in [0.15, 0.2) is 11.3 Å². The van der Waals surface area contributed by atoms with Gasteiger partial charge >= 0.3 is 51.4 Å². The van der Waals surface area contributed by atoms with Gasteiger partial charge in [-0.2, -0.15) is 0 Å². The number of carboxylic acids is 1. The number of amides is 1. The van der Waals surface area contributed by atoms with Crippen LogP contribution in [-0.2, 0) is 9.59 Å². The maximum atomic E-state index is 12.1. The second kappa shape index (κ2) is 6.39. The molecule has 1 unspecified atom stereocenters. The van der Waals surface area contributed by atoms with Gasteiger partial charge in [-0.3, -0.25) is 4.79 Å². The van der Waals surface area contributed by atoms with Gasteiger partial charge in [0.2, 0.25) is 5.91 Å². The predicted molar refractivity (Wildman–Crippen MR) is 65.8 cm³/mol. The zero-order chi connectivity index (χ0) is 14.6. The molecular weight excluding hydrogens is 301 g/mol. The standard InChI is InChI=1S/C14H19NO5.K/c1-6(17)9-11-8-4-2-3-7(5-16)10(8)12(14(19)20)15(11)13(9)18;/h6-9,11,16-17H,2-5H2,1H3,(H,19,20);/q;+1/p-1/t6?,7-,8+,9-,11-;/m1./s1. The number of aliphatic hydroxyl groups is 2. The predicted octanol–water partition coefficient (Wildman–Crippen LogP) is -4.38. The first-order chi connectivity index (χ1) is 9.49. The number of nitrogens with zero attached hydrogens (tertiary/aromatic N) is 1. The van der Waals surface area contributed by atoms with Crippen LogP contribution < -0.4 is 56.5 Å². The molecule has 1 saturated carbocycles. The summed E-state index contributed by atoms with van der Waals surface area (Å²) in [6, 6.07) is -0.278. The number of carbonyl (C=O) groups is 2. The minimum absolute atomic E-state index is 0. The minimum atomic E-state index is -1.36. The van der Waals surface area contributed by atoms with Crippen molar-refractivity contribution >= 4 is 11.9 Å². The molecule has 0 aromatic carbocycles. The van der Waals surface area contributed by atoms with Gasteiger partial charge in [0.15, 0.2) is 0 Å². The number of carbonyl (C=O) groups excluding carboxylic acids is 2. The first-order valence-corrected chi connectivity index (χ1v) is 7.06. The van der Waals surface area contributed by atoms with E-state index in [0.29, 0.717) is 5.57 Å². The van der Waals surface area contributed by atoms with Crippen molar-refractivity contribution < 1.29 is 76.3 Å². The average molecular weight is 319 g/mol. The van der Waals surface area contributed by atoms with Gasteiger partial charge in [0.05, 0.1) is 29.7 Å². The van der Waals surface area contributed by atoms with E-state index >= 15 is 0 Å². The Morgan fingerprint density at radius 3 is 2.67 bits per heavy atom. The molecule has 2 fully saturated rings. The summed E-state index contributed by atoms with van der Waals surface area (Å²) in [5, 5.41) is 30.6. The normalized spacial score (nSPS) is 35.6. The zero-order valence-corrected chi connectivity index (χ0v) is 15.4. The van der Waals surface area contributed by atoms with Gasteiger partial charge in [-0.1, -0.05) is 6.42 Å². The fraction of sp³-hybridized carbons (Fsp3) is 0.714. The molecule has 3 aliphatic rings. The summed E-state index contributed by atoms with van der Waals surface area (Å²) in [6.45, 7) is 1.44. The van der Waals surface area contributed by atoms with Gasteiger partial charge in [-0.05, 0) is 25.3 Å². The molecule has 2 aliphatic heterocycles. The Bertz CT molecular complexity index is 504. The average Bonchev–Trinajstić information content (AvgIpc) is 2.69. The van der Waals surface area contributed by atoms with E-state index < -0.39 is 18.0 Å². The molecule has 110 valence electrons. The second-order valence-corrected chi connectivity index (χ2v) is 5.97. The SMILES string of the molecule is CC(O)[C@H]1C(=O)N2C(C(=O)[O-])=C3[C@@H](CO)CCC[C@@H]3[C@H]12.[K+]. The Morgan fingerprint density at radius 2 is 2.14 bits per heavy atom. The van der Waals surface area contributed by atoms with Crippen molar-refractivity contribution in [1.29, 1.82) is 0 Å². The summed E-state index contributed by atoms with van der Waals surface area (Å²) in [7, 11) is 0. The summed E-state index contributed by atoms with van der Waals surface area (Å²) in [5.41, 5.74) is 0.598. The first-order valence-electron chi connectivity index (χ1n) is 7.06. The van der Waals surface area contributed by atoms with Crippen LogP contribution in [0.1, 0.15) is 26.2 Å². The zero-order valence-electron chi connectivity index (χ0n) is 12.3. The molecule has 0 aromatic heterocycles. The topological polar surface area (TPSA) is 101 Å². The Labute approximate surface area is 165 Å². The minimum Gasteiger partial charge on any atom is -0.543 e. The summed E-state index contributed by atoms with van der Waals surface area (Å²) in [5.74, 6) is -2.52. The van der Waals surface area contributed by atoms with Crippen LogP contribution in [0.5, 0.6) is 0 Å². The largest absolute Gasteiger partial charge is 1.00 e. The monoisotopic (exact) mass is 319 g/mol. The summed E-state index contributed by atoms with van der Waals surface area (Å²) >= 11 is 0. The smallest absolute Gasteiger partial charge is 0.543 e. The molecule has 1 aliphatic carbocycles. The van der Waals surface area contributed by atoms with E-state index in [9.17, 15) is 24.9 Å². The number of aliphatic hydroxyl groups excluding tert-OH is 2. The van der Waals surface area contributed by atoms with Gasteiger partial charge < -0.3 is 25.0 Å². The molecule has 0 bridgehead atoms. The van der Waals surface area contributed by atoms with E-state index in [1.165, 1.54) is 4.90 Å². The third kappa shape index (κ3) is 2.47. The van der Waals surface area contributed by atoms with E-state index in [1.54, 1.807) is 6.92 Å². The van der Waals surface area contributed by atoms with Crippen LogP contribution in [0, 0.1) is 17.8 Å². The van der Waals surface area contributed by atoms with Crippen LogP contribution >= 0.6 is 0 Å². The quantitative estimate of drug-likeness (QED) is 0.404. The van der Waals surface area contributed by atoms with Crippen molar-refractivity contribution in [2.24, 2.45) is 17.8 Å². The van der Waals surface area contributed by atoms with Crippen molar-refractivity contribution in [2.75, 3.05) is 6.61 Å². The molecule has 21 heavy (non-hydrogen) atoms. The van der Waals surface area contributed by atoms with E-state index in [4.69, 9.17) is 0 Å². The molecule has 2 heterocycles. The molecule has 1 amide bonds. The molecule has 1 saturated heterocycles. The van der Waals surface area contributed by atoms with E-state index in [-0.39, 0.29) is 87.5 Å². The summed E-state index contributed by atoms with van der Waals surface area (Å²) in [6.07, 6.45) is 1.62. The maximum Gasteiger partial charge on any atom is 1.00 e. The molecule has 6 nitrogen and oxygen atoms in total. The summed E-state index contributed by atoms with van der Waals surface area (Å²) < 4.78 is 0. The second-order valence-electron chi connectivity index (χ2n) is 5.97. The fourth-order valence-electron chi connectivity index (χ4n) is 4.18. The number of β-lactam (4-membered cyclic amide) rings is 1. The molecule has 3 rings (SSSR count). The molecule has 0 radical (unpaired) electrons. The Balaban J connectivity index is 0.00000161. The van der Waals surface area contributed by atoms with Crippen molar-refractivity contribution in [1.82, 2.24) is 4.90 Å². The number of rotatable bonds is 3. The Morgan fingerprint density at radius 1 is 1.48 bits per heavy atom. The van der Waals surface area contributed by atoms with Crippen LogP contribution in [-0.4, -0.2) is 45.7 Å². The third-order valence-electron chi connectivity index (χ3n) is 4.96. The van der Waals surface area contributed by atoms with Crippen LogP contribution in [0.25, 0.3) is 0 Å². The Hall–Kier alpha value is 0.236. The van der Waals surface area contributed by atoms with Crippen molar-refractivity contribution in [3.8, 4) is 0 Å². The van der Waals surface area contributed by atoms with Crippen molar-refractivity contribution in [3.63, 3.8) is 0 Å². The van der Waals surface area contributed by atoms with E-state index in [2.05, 4.69) is 0 Å². The number of aliphatic carboxylic acids is 1. The molecule has 7 heteroatoms.